The molecule has 0 aliphatic carbocycles. The predicted octanol–water partition coefficient (Wildman–Crippen LogP) is 3.81. The van der Waals surface area contributed by atoms with Crippen molar-refractivity contribution in [1.29, 1.82) is 0 Å². The smallest absolute Gasteiger partial charge is 0.342 e. The highest BCUT2D eigenvalue weighted by atomic mass is 35.5. The molecule has 2 aromatic carbocycles. The van der Waals surface area contributed by atoms with Crippen LogP contribution in [0.4, 0.5) is 4.39 Å². The first-order valence-electron chi connectivity index (χ1n) is 9.31. The van der Waals surface area contributed by atoms with Crippen molar-refractivity contribution in [2.75, 3.05) is 6.61 Å². The molecule has 0 atom stereocenters. The van der Waals surface area contributed by atoms with E-state index >= 15 is 0 Å². The molecule has 3 aromatic rings. The van der Waals surface area contributed by atoms with Crippen molar-refractivity contribution >= 4 is 23.5 Å². The fraction of sp³-hybridized carbons (Fsp3) is 0.227. The van der Waals surface area contributed by atoms with Crippen LogP contribution < -0.4 is 5.32 Å². The molecular weight excluding hydrogens is 409 g/mol. The molecule has 0 spiro atoms. The fourth-order valence-electron chi connectivity index (χ4n) is 3.02. The van der Waals surface area contributed by atoms with Crippen LogP contribution in [0.3, 0.4) is 0 Å². The Morgan fingerprint density at radius 2 is 1.77 bits per heavy atom. The Morgan fingerprint density at radius 1 is 1.10 bits per heavy atom. The summed E-state index contributed by atoms with van der Waals surface area (Å²) in [4.78, 5) is 24.5. The molecule has 8 heteroatoms. The number of amides is 1. The van der Waals surface area contributed by atoms with Gasteiger partial charge in [0.25, 0.3) is 5.91 Å². The quantitative estimate of drug-likeness (QED) is 0.579. The summed E-state index contributed by atoms with van der Waals surface area (Å²) in [6.07, 6.45) is 0. The van der Waals surface area contributed by atoms with Gasteiger partial charge in [-0.3, -0.25) is 9.48 Å². The number of nitrogens with zero attached hydrogens (tertiary/aromatic N) is 2. The summed E-state index contributed by atoms with van der Waals surface area (Å²) in [6.45, 7) is 3.40. The third-order valence-electron chi connectivity index (χ3n) is 4.63. The fourth-order valence-corrected chi connectivity index (χ4v) is 3.22. The van der Waals surface area contributed by atoms with Crippen molar-refractivity contribution in [2.24, 2.45) is 0 Å². The summed E-state index contributed by atoms with van der Waals surface area (Å²) in [7, 11) is 0. The Balaban J connectivity index is 1.60. The first-order chi connectivity index (χ1) is 14.4. The Hall–Kier alpha value is -3.19. The summed E-state index contributed by atoms with van der Waals surface area (Å²) < 4.78 is 20.4. The van der Waals surface area contributed by atoms with E-state index in [1.807, 2.05) is 18.2 Å². The van der Waals surface area contributed by atoms with Gasteiger partial charge in [-0.1, -0.05) is 48.0 Å². The Labute approximate surface area is 178 Å². The number of hydrogen-bond acceptors (Lipinski definition) is 4. The molecule has 0 saturated heterocycles. The second-order valence-corrected chi connectivity index (χ2v) is 7.15. The van der Waals surface area contributed by atoms with E-state index in [1.54, 1.807) is 42.8 Å². The first kappa shape index (κ1) is 21.5. The van der Waals surface area contributed by atoms with Gasteiger partial charge in [-0.15, -0.1) is 0 Å². The van der Waals surface area contributed by atoms with Crippen LogP contribution in [0.1, 0.15) is 32.9 Å². The molecule has 3 rings (SSSR count). The highest BCUT2D eigenvalue weighted by Crippen LogP contribution is 2.20. The number of aryl methyl sites for hydroxylation is 1. The van der Waals surface area contributed by atoms with E-state index < -0.39 is 24.3 Å². The number of ether oxygens (including phenoxy) is 1. The average Bonchev–Trinajstić information content (AvgIpc) is 3.00. The van der Waals surface area contributed by atoms with Crippen LogP contribution in [0.25, 0.3) is 0 Å². The lowest BCUT2D eigenvalue weighted by molar-refractivity contribution is -0.124. The molecule has 1 heterocycles. The molecule has 30 heavy (non-hydrogen) atoms. The summed E-state index contributed by atoms with van der Waals surface area (Å²) in [6, 6.07) is 13.5. The minimum Gasteiger partial charge on any atom is -0.452 e. The van der Waals surface area contributed by atoms with E-state index in [2.05, 4.69) is 10.4 Å². The van der Waals surface area contributed by atoms with E-state index in [-0.39, 0.29) is 6.54 Å². The molecule has 0 unspecified atom stereocenters. The first-order valence-corrected chi connectivity index (χ1v) is 9.69. The second kappa shape index (κ2) is 9.54. The van der Waals surface area contributed by atoms with Crippen LogP contribution in [0, 0.1) is 19.7 Å². The lowest BCUT2D eigenvalue weighted by Gasteiger charge is -2.08. The molecule has 0 saturated carbocycles. The van der Waals surface area contributed by atoms with Crippen molar-refractivity contribution in [1.82, 2.24) is 15.1 Å². The molecule has 0 aliphatic heterocycles. The van der Waals surface area contributed by atoms with Gasteiger partial charge in [-0.05, 0) is 31.5 Å². The van der Waals surface area contributed by atoms with E-state index in [9.17, 15) is 14.0 Å². The van der Waals surface area contributed by atoms with Crippen LogP contribution in [0.2, 0.25) is 5.02 Å². The number of nitrogens with one attached hydrogen (secondary N) is 1. The van der Waals surface area contributed by atoms with Crippen molar-refractivity contribution < 1.29 is 18.7 Å². The molecule has 1 N–H and O–H groups in total. The number of aromatic nitrogens is 2. The molecule has 1 aromatic heterocycles. The molecular formula is C22H21ClFN3O3. The summed E-state index contributed by atoms with van der Waals surface area (Å²) in [5.41, 5.74) is 2.64. The van der Waals surface area contributed by atoms with Gasteiger partial charge >= 0.3 is 5.97 Å². The number of carbonyl (C=O) groups is 2. The van der Waals surface area contributed by atoms with Gasteiger partial charge in [0.1, 0.15) is 11.4 Å². The second-order valence-electron chi connectivity index (χ2n) is 6.74. The number of esters is 1. The summed E-state index contributed by atoms with van der Waals surface area (Å²) in [5.74, 6) is -1.58. The molecule has 0 aliphatic rings. The molecule has 156 valence electrons. The highest BCUT2D eigenvalue weighted by Gasteiger charge is 2.21. The number of rotatable bonds is 7. The SMILES string of the molecule is Cc1nn(Cc2ccccc2Cl)c(C)c1C(=O)OCC(=O)NCc1ccccc1F. The van der Waals surface area contributed by atoms with Crippen LogP contribution in [0.15, 0.2) is 48.5 Å². The van der Waals surface area contributed by atoms with E-state index in [0.29, 0.717) is 34.1 Å². The highest BCUT2D eigenvalue weighted by molar-refractivity contribution is 6.31. The van der Waals surface area contributed by atoms with E-state index in [1.165, 1.54) is 6.07 Å². The van der Waals surface area contributed by atoms with Crippen LogP contribution in [-0.4, -0.2) is 28.3 Å². The summed E-state index contributed by atoms with van der Waals surface area (Å²) in [5, 5.41) is 7.54. The van der Waals surface area contributed by atoms with Crippen molar-refractivity contribution in [3.8, 4) is 0 Å². The third kappa shape index (κ3) is 5.04. The molecule has 0 fully saturated rings. The zero-order chi connectivity index (χ0) is 21.7. The van der Waals surface area contributed by atoms with Crippen LogP contribution in [-0.2, 0) is 22.6 Å². The number of hydrogen-bond donors (Lipinski definition) is 1. The largest absolute Gasteiger partial charge is 0.452 e. The van der Waals surface area contributed by atoms with Crippen molar-refractivity contribution in [3.05, 3.63) is 87.4 Å². The van der Waals surface area contributed by atoms with Gasteiger partial charge in [0.15, 0.2) is 6.61 Å². The van der Waals surface area contributed by atoms with E-state index in [0.717, 1.165) is 5.56 Å². The molecule has 6 nitrogen and oxygen atoms in total. The minimum absolute atomic E-state index is 0.0108. The van der Waals surface area contributed by atoms with Gasteiger partial charge in [-0.2, -0.15) is 5.10 Å². The normalized spacial score (nSPS) is 10.7. The third-order valence-corrected chi connectivity index (χ3v) is 5.00. The van der Waals surface area contributed by atoms with Crippen LogP contribution in [0.5, 0.6) is 0 Å². The Bertz CT molecular complexity index is 1080. The van der Waals surface area contributed by atoms with Gasteiger partial charge in [-0.25, -0.2) is 9.18 Å². The zero-order valence-corrected chi connectivity index (χ0v) is 17.4. The summed E-state index contributed by atoms with van der Waals surface area (Å²) >= 11 is 6.20. The van der Waals surface area contributed by atoms with Gasteiger partial charge in [0, 0.05) is 17.1 Å². The number of carbonyl (C=O) groups excluding carboxylic acids is 2. The topological polar surface area (TPSA) is 73.2 Å². The van der Waals surface area contributed by atoms with Gasteiger partial charge in [0.2, 0.25) is 0 Å². The monoisotopic (exact) mass is 429 g/mol. The maximum atomic E-state index is 13.6. The molecule has 0 radical (unpaired) electrons. The Morgan fingerprint density at radius 3 is 2.47 bits per heavy atom. The van der Waals surface area contributed by atoms with Crippen LogP contribution >= 0.6 is 11.6 Å². The average molecular weight is 430 g/mol. The number of benzene rings is 2. The maximum Gasteiger partial charge on any atom is 0.342 e. The van der Waals surface area contributed by atoms with Gasteiger partial charge < -0.3 is 10.1 Å². The lowest BCUT2D eigenvalue weighted by Crippen LogP contribution is -2.28. The maximum absolute atomic E-state index is 13.6. The Kier molecular flexibility index (Phi) is 6.84. The zero-order valence-electron chi connectivity index (χ0n) is 16.6. The standard InChI is InChI=1S/C22H21ClFN3O3/c1-14-21(15(2)27(26-14)12-17-8-3-5-9-18(17)23)22(29)30-13-20(28)25-11-16-7-4-6-10-19(16)24/h3-10H,11-13H2,1-2H3,(H,25,28). The number of halogens is 2. The molecule has 0 bridgehead atoms. The lowest BCUT2D eigenvalue weighted by atomic mass is 10.2. The predicted molar refractivity (Wildman–Crippen MR) is 111 cm³/mol. The van der Waals surface area contributed by atoms with Gasteiger partial charge in [0.05, 0.1) is 17.9 Å². The van der Waals surface area contributed by atoms with E-state index in [4.69, 9.17) is 16.3 Å². The molecule has 1 amide bonds. The van der Waals surface area contributed by atoms with Crippen molar-refractivity contribution in [3.63, 3.8) is 0 Å². The van der Waals surface area contributed by atoms with Crippen molar-refractivity contribution in [2.45, 2.75) is 26.9 Å². The minimum atomic E-state index is -0.642.